The van der Waals surface area contributed by atoms with Crippen molar-refractivity contribution in [3.63, 3.8) is 0 Å². The van der Waals surface area contributed by atoms with Crippen LogP contribution in [0.5, 0.6) is 0 Å². The van der Waals surface area contributed by atoms with Crippen LogP contribution in [0.2, 0.25) is 0 Å². The molecule has 1 unspecified atom stereocenters. The van der Waals surface area contributed by atoms with Crippen LogP contribution in [0.25, 0.3) is 0 Å². The van der Waals surface area contributed by atoms with Gasteiger partial charge in [-0.3, -0.25) is 4.79 Å². The number of aliphatic carboxylic acids is 1. The summed E-state index contributed by atoms with van der Waals surface area (Å²) in [7, 11) is 0. The summed E-state index contributed by atoms with van der Waals surface area (Å²) in [5.41, 5.74) is 5.93. The van der Waals surface area contributed by atoms with Crippen LogP contribution >= 0.6 is 0 Å². The molecule has 4 fully saturated rings. The Hall–Kier alpha value is -2.04. The van der Waals surface area contributed by atoms with Gasteiger partial charge >= 0.3 is 5.97 Å². The van der Waals surface area contributed by atoms with Crippen molar-refractivity contribution in [1.82, 2.24) is 10.6 Å². The van der Waals surface area contributed by atoms with Crippen molar-refractivity contribution in [3.05, 3.63) is 34.6 Å². The normalized spacial score (nSPS) is 27.0. The van der Waals surface area contributed by atoms with Gasteiger partial charge < -0.3 is 15.7 Å². The summed E-state index contributed by atoms with van der Waals surface area (Å²) in [5, 5.41) is 16.2. The summed E-state index contributed by atoms with van der Waals surface area (Å²) < 4.78 is 0. The Morgan fingerprint density at radius 2 is 1.67 bits per heavy atom. The van der Waals surface area contributed by atoms with Gasteiger partial charge in [0.15, 0.2) is 0 Å². The minimum atomic E-state index is -0.883. The lowest BCUT2D eigenvalue weighted by molar-refractivity contribution is -0.142. The van der Waals surface area contributed by atoms with E-state index in [1.807, 2.05) is 0 Å². The molecule has 0 aromatic heterocycles. The van der Waals surface area contributed by atoms with Crippen molar-refractivity contribution in [3.8, 4) is 0 Å². The number of nitrogens with one attached hydrogen (secondary N) is 2. The third-order valence-electron chi connectivity index (χ3n) is 9.19. The first-order valence-electron chi connectivity index (χ1n) is 14.9. The summed E-state index contributed by atoms with van der Waals surface area (Å²) in [6.07, 6.45) is 23.5. The Morgan fingerprint density at radius 1 is 0.972 bits per heavy atom. The number of amides is 1. The molecular weight excluding hydrogens is 448 g/mol. The number of rotatable bonds is 11. The molecule has 200 valence electrons. The van der Waals surface area contributed by atoms with Crippen molar-refractivity contribution >= 4 is 11.9 Å². The first kappa shape index (κ1) is 27.0. The van der Waals surface area contributed by atoms with Crippen molar-refractivity contribution in [2.75, 3.05) is 6.54 Å². The van der Waals surface area contributed by atoms with Crippen LogP contribution in [0.15, 0.2) is 34.6 Å². The molecule has 3 N–H and O–H groups in total. The molecule has 0 radical (unpaired) electrons. The predicted molar refractivity (Wildman–Crippen MR) is 145 cm³/mol. The molecule has 5 nitrogen and oxygen atoms in total. The van der Waals surface area contributed by atoms with E-state index in [4.69, 9.17) is 0 Å². The number of unbranched alkanes of at least 4 members (excludes halogenated alkanes) is 4. The lowest BCUT2D eigenvalue weighted by Crippen LogP contribution is -2.43. The summed E-state index contributed by atoms with van der Waals surface area (Å²) in [5.74, 6) is 0.459. The topological polar surface area (TPSA) is 78.4 Å². The number of piperidine rings is 1. The van der Waals surface area contributed by atoms with Crippen LogP contribution in [0.4, 0.5) is 0 Å². The monoisotopic (exact) mass is 496 g/mol. The van der Waals surface area contributed by atoms with E-state index < -0.39 is 12.0 Å². The van der Waals surface area contributed by atoms with E-state index in [1.54, 1.807) is 5.57 Å². The Morgan fingerprint density at radius 3 is 2.39 bits per heavy atom. The molecule has 4 aliphatic carbocycles. The Labute approximate surface area is 218 Å². The molecule has 5 aliphatic rings. The molecule has 3 saturated carbocycles. The van der Waals surface area contributed by atoms with E-state index in [0.29, 0.717) is 18.3 Å². The minimum absolute atomic E-state index is 0.00939. The first-order valence-corrected chi connectivity index (χ1v) is 14.9. The second kappa shape index (κ2) is 13.5. The average molecular weight is 497 g/mol. The third-order valence-corrected chi connectivity index (χ3v) is 9.19. The van der Waals surface area contributed by atoms with Crippen molar-refractivity contribution in [2.45, 2.75) is 122 Å². The van der Waals surface area contributed by atoms with Gasteiger partial charge in [-0.05, 0) is 87.7 Å². The fraction of sp³-hybridized carbons (Fsp3) is 0.742. The maximum absolute atomic E-state index is 12.9. The van der Waals surface area contributed by atoms with Gasteiger partial charge in [0.1, 0.15) is 6.04 Å². The van der Waals surface area contributed by atoms with Crippen molar-refractivity contribution in [1.29, 1.82) is 0 Å². The smallest absolute Gasteiger partial charge is 0.326 e. The van der Waals surface area contributed by atoms with Crippen molar-refractivity contribution < 1.29 is 14.7 Å². The maximum atomic E-state index is 12.9. The number of fused-ring (bicyclic) bond motifs is 5. The van der Waals surface area contributed by atoms with Crippen LogP contribution in [0, 0.1) is 17.8 Å². The molecule has 5 rings (SSSR count). The molecule has 1 atom stereocenters. The summed E-state index contributed by atoms with van der Waals surface area (Å²) in [6, 6.07) is -0.734. The molecule has 5 heteroatoms. The van der Waals surface area contributed by atoms with Gasteiger partial charge in [0, 0.05) is 18.2 Å². The van der Waals surface area contributed by atoms with Crippen LogP contribution in [-0.2, 0) is 9.59 Å². The minimum Gasteiger partial charge on any atom is -0.480 e. The second-order valence-electron chi connectivity index (χ2n) is 12.0. The van der Waals surface area contributed by atoms with E-state index in [0.717, 1.165) is 57.9 Å². The lowest BCUT2D eigenvalue weighted by Gasteiger charge is -2.24. The molecule has 1 amide bonds. The maximum Gasteiger partial charge on any atom is 0.326 e. The van der Waals surface area contributed by atoms with Crippen LogP contribution < -0.4 is 10.6 Å². The fourth-order valence-corrected chi connectivity index (χ4v) is 6.90. The third kappa shape index (κ3) is 7.73. The fourth-order valence-electron chi connectivity index (χ4n) is 6.90. The van der Waals surface area contributed by atoms with Crippen LogP contribution in [-0.4, -0.2) is 29.6 Å². The van der Waals surface area contributed by atoms with E-state index in [9.17, 15) is 14.7 Å². The van der Waals surface area contributed by atoms with Gasteiger partial charge in [-0.2, -0.15) is 0 Å². The molecule has 0 aromatic rings. The standard InChI is InChI=1S/C31H48N2O3/c1-22-11-12-23(17-18-26-9-7-19-32-29(22)26)8-5-3-2-4-6-10-28(31(35)36)33-30(34)27-20-24-13-14-25(21-27)16-15-24/h17-18,24-25,27-28,32H,2-16,19-21H2,1H3,(H,33,34)(H,35,36). The number of carbonyl (C=O) groups is 2. The molecule has 1 heterocycles. The highest BCUT2D eigenvalue weighted by molar-refractivity contribution is 5.85. The Kier molecular flexibility index (Phi) is 10.1. The van der Waals surface area contributed by atoms with E-state index in [2.05, 4.69) is 29.7 Å². The van der Waals surface area contributed by atoms with Gasteiger partial charge in [-0.25, -0.2) is 4.79 Å². The van der Waals surface area contributed by atoms with E-state index in [-0.39, 0.29) is 11.8 Å². The number of carbonyl (C=O) groups excluding carboxylic acids is 1. The zero-order valence-corrected chi connectivity index (χ0v) is 22.5. The average Bonchev–Trinajstić information content (AvgIpc) is 3.21. The van der Waals surface area contributed by atoms with Gasteiger partial charge in [0.05, 0.1) is 0 Å². The summed E-state index contributed by atoms with van der Waals surface area (Å²) >= 11 is 0. The van der Waals surface area contributed by atoms with Gasteiger partial charge in [-0.15, -0.1) is 0 Å². The zero-order chi connectivity index (χ0) is 25.3. The summed E-state index contributed by atoms with van der Waals surface area (Å²) in [6.45, 7) is 3.37. The molecule has 1 saturated heterocycles. The number of hydrogen-bond acceptors (Lipinski definition) is 3. The van der Waals surface area contributed by atoms with Gasteiger partial charge in [0.25, 0.3) is 0 Å². The van der Waals surface area contributed by atoms with E-state index >= 15 is 0 Å². The second-order valence-corrected chi connectivity index (χ2v) is 12.0. The summed E-state index contributed by atoms with van der Waals surface area (Å²) in [4.78, 5) is 24.7. The Balaban J connectivity index is 1.12. The molecule has 36 heavy (non-hydrogen) atoms. The van der Waals surface area contributed by atoms with E-state index in [1.165, 1.54) is 68.2 Å². The Bertz CT molecular complexity index is 849. The van der Waals surface area contributed by atoms with Gasteiger partial charge in [-0.1, -0.05) is 69.1 Å². The number of carboxylic acid groups (broad SMARTS) is 1. The zero-order valence-electron chi connectivity index (χ0n) is 22.5. The number of hydrogen-bond donors (Lipinski definition) is 3. The molecule has 0 aromatic carbocycles. The molecule has 2 bridgehead atoms. The SMILES string of the molecule is CC1=C2NCCCC2=CC=C(CCCCCCCC(NC(=O)C2CC3CCC(CC3)C2)C(=O)O)CC1. The quantitative estimate of drug-likeness (QED) is 0.275. The number of allylic oxidation sites excluding steroid dienone is 5. The lowest BCUT2D eigenvalue weighted by atomic mass is 9.84. The molecule has 0 spiro atoms. The number of carboxylic acids is 1. The highest BCUT2D eigenvalue weighted by Gasteiger charge is 2.35. The predicted octanol–water partition coefficient (Wildman–Crippen LogP) is 6.81. The molecular formula is C31H48N2O3. The van der Waals surface area contributed by atoms with Crippen LogP contribution in [0.3, 0.4) is 0 Å². The van der Waals surface area contributed by atoms with Crippen molar-refractivity contribution in [2.24, 2.45) is 17.8 Å². The molecule has 1 aliphatic heterocycles. The van der Waals surface area contributed by atoms with Crippen LogP contribution in [0.1, 0.15) is 116 Å². The largest absolute Gasteiger partial charge is 0.480 e. The highest BCUT2D eigenvalue weighted by Crippen LogP contribution is 2.41. The first-order chi connectivity index (χ1) is 17.5. The van der Waals surface area contributed by atoms with Gasteiger partial charge in [0.2, 0.25) is 5.91 Å². The highest BCUT2D eigenvalue weighted by atomic mass is 16.4.